The molecule has 1 aromatic heterocycles. The number of benzene rings is 1. The van der Waals surface area contributed by atoms with Crippen molar-refractivity contribution in [3.8, 4) is 0 Å². The lowest BCUT2D eigenvalue weighted by Crippen LogP contribution is -1.98. The number of H-pyrrole nitrogens is 1. The van der Waals surface area contributed by atoms with Crippen LogP contribution < -0.4 is 5.73 Å². The molecule has 84 valence electrons. The number of aryl methyl sites for hydroxylation is 1. The average molecular weight is 299 g/mol. The van der Waals surface area contributed by atoms with Crippen molar-refractivity contribution < 1.29 is 0 Å². The largest absolute Gasteiger partial charge is 0.326 e. The van der Waals surface area contributed by atoms with Gasteiger partial charge in [0.1, 0.15) is 5.82 Å². The van der Waals surface area contributed by atoms with Gasteiger partial charge >= 0.3 is 0 Å². The number of nitrogens with zero attached hydrogens (tertiary/aromatic N) is 2. The third-order valence-corrected chi connectivity index (χ3v) is 3.49. The van der Waals surface area contributed by atoms with Crippen LogP contribution in [0.3, 0.4) is 0 Å². The number of hydrogen-bond acceptors (Lipinski definition) is 4. The van der Waals surface area contributed by atoms with E-state index in [9.17, 15) is 0 Å². The number of halogens is 1. The van der Waals surface area contributed by atoms with Crippen LogP contribution in [0.5, 0.6) is 0 Å². The average Bonchev–Trinajstić information content (AvgIpc) is 2.64. The predicted molar refractivity (Wildman–Crippen MR) is 67.3 cm³/mol. The Bertz CT molecular complexity index is 497. The van der Waals surface area contributed by atoms with E-state index in [4.69, 9.17) is 5.73 Å². The minimum Gasteiger partial charge on any atom is -0.326 e. The fourth-order valence-corrected chi connectivity index (χ4v) is 2.71. The topological polar surface area (TPSA) is 67.6 Å². The van der Waals surface area contributed by atoms with E-state index in [2.05, 4.69) is 31.1 Å². The minimum absolute atomic E-state index is 0.513. The van der Waals surface area contributed by atoms with E-state index in [1.807, 2.05) is 25.1 Å². The first-order chi connectivity index (χ1) is 7.69. The lowest BCUT2D eigenvalue weighted by Gasteiger charge is -2.05. The van der Waals surface area contributed by atoms with Crippen LogP contribution in [0, 0.1) is 6.92 Å². The summed E-state index contributed by atoms with van der Waals surface area (Å²) in [6.45, 7) is 2.39. The van der Waals surface area contributed by atoms with Crippen LogP contribution in [0.25, 0.3) is 0 Å². The van der Waals surface area contributed by atoms with E-state index in [0.29, 0.717) is 11.7 Å². The van der Waals surface area contributed by atoms with E-state index in [1.165, 1.54) is 11.8 Å². The minimum atomic E-state index is 0.513. The summed E-state index contributed by atoms with van der Waals surface area (Å²) in [6, 6.07) is 6.01. The maximum atomic E-state index is 5.68. The van der Waals surface area contributed by atoms with Crippen molar-refractivity contribution in [3.63, 3.8) is 0 Å². The second-order valence-corrected chi connectivity index (χ2v) is 5.19. The third-order valence-electron chi connectivity index (χ3n) is 2.03. The normalized spacial score (nSPS) is 10.7. The molecule has 0 bridgehead atoms. The molecule has 4 nitrogen and oxygen atoms in total. The Morgan fingerprint density at radius 3 is 2.94 bits per heavy atom. The van der Waals surface area contributed by atoms with Crippen molar-refractivity contribution in [1.82, 2.24) is 15.2 Å². The van der Waals surface area contributed by atoms with Gasteiger partial charge in [-0.25, -0.2) is 4.98 Å². The lowest BCUT2D eigenvalue weighted by atomic mass is 10.2. The first-order valence-electron chi connectivity index (χ1n) is 4.74. The lowest BCUT2D eigenvalue weighted by molar-refractivity contribution is 0.964. The summed E-state index contributed by atoms with van der Waals surface area (Å²) in [4.78, 5) is 5.33. The highest BCUT2D eigenvalue weighted by atomic mass is 79.9. The molecule has 0 saturated carbocycles. The van der Waals surface area contributed by atoms with Crippen molar-refractivity contribution in [1.29, 1.82) is 0 Å². The summed E-state index contributed by atoms with van der Waals surface area (Å²) in [5.74, 6) is 0.812. The van der Waals surface area contributed by atoms with Crippen LogP contribution in [0.2, 0.25) is 0 Å². The fraction of sp³-hybridized carbons (Fsp3) is 0.200. The van der Waals surface area contributed by atoms with E-state index in [0.717, 1.165) is 20.8 Å². The van der Waals surface area contributed by atoms with Gasteiger partial charge in [-0.05, 0) is 36.4 Å². The van der Waals surface area contributed by atoms with Gasteiger partial charge in [0.05, 0.1) is 0 Å². The van der Waals surface area contributed by atoms with E-state index in [1.54, 1.807) is 0 Å². The Morgan fingerprint density at radius 2 is 2.31 bits per heavy atom. The monoisotopic (exact) mass is 298 g/mol. The summed E-state index contributed by atoms with van der Waals surface area (Å²) in [5.41, 5.74) is 6.78. The number of rotatable bonds is 3. The molecule has 3 N–H and O–H groups in total. The number of aromatic amines is 1. The van der Waals surface area contributed by atoms with Crippen LogP contribution >= 0.6 is 27.7 Å². The van der Waals surface area contributed by atoms with Crippen LogP contribution in [0.15, 0.2) is 32.7 Å². The molecule has 1 heterocycles. The van der Waals surface area contributed by atoms with Gasteiger partial charge in [0.15, 0.2) is 0 Å². The first-order valence-corrected chi connectivity index (χ1v) is 6.35. The molecule has 0 fully saturated rings. The first kappa shape index (κ1) is 11.6. The maximum absolute atomic E-state index is 5.68. The molecule has 0 unspecified atom stereocenters. The molecule has 6 heteroatoms. The van der Waals surface area contributed by atoms with Crippen molar-refractivity contribution in [2.45, 2.75) is 23.5 Å². The van der Waals surface area contributed by atoms with Gasteiger partial charge in [0.25, 0.3) is 0 Å². The van der Waals surface area contributed by atoms with Gasteiger partial charge in [-0.3, -0.25) is 5.10 Å². The van der Waals surface area contributed by atoms with Crippen LogP contribution in [-0.4, -0.2) is 15.2 Å². The van der Waals surface area contributed by atoms with Crippen LogP contribution in [-0.2, 0) is 6.54 Å². The zero-order valence-electron chi connectivity index (χ0n) is 8.70. The Labute approximate surface area is 106 Å². The molecule has 0 radical (unpaired) electrons. The van der Waals surface area contributed by atoms with Crippen LogP contribution in [0.1, 0.15) is 11.4 Å². The molecule has 0 amide bonds. The SMILES string of the molecule is Cc1nc(Sc2cc(Br)ccc2CN)n[nH]1. The summed E-state index contributed by atoms with van der Waals surface area (Å²) in [5, 5.41) is 7.62. The van der Waals surface area contributed by atoms with E-state index < -0.39 is 0 Å². The van der Waals surface area contributed by atoms with Gasteiger partial charge in [0, 0.05) is 15.9 Å². The van der Waals surface area contributed by atoms with Gasteiger partial charge in [-0.2, -0.15) is 0 Å². The van der Waals surface area contributed by atoms with Crippen molar-refractivity contribution in [2.75, 3.05) is 0 Å². The standard InChI is InChI=1S/C10H11BrN4S/c1-6-13-10(15-14-6)16-9-4-8(11)3-2-7(9)5-12/h2-4H,5,12H2,1H3,(H,13,14,15). The number of hydrogen-bond donors (Lipinski definition) is 2. The fourth-order valence-electron chi connectivity index (χ4n) is 1.26. The Hall–Kier alpha value is -0.850. The molecule has 0 saturated heterocycles. The highest BCUT2D eigenvalue weighted by molar-refractivity contribution is 9.10. The molecule has 0 atom stereocenters. The number of nitrogens with one attached hydrogen (secondary N) is 1. The van der Waals surface area contributed by atoms with Gasteiger partial charge in [0.2, 0.25) is 5.16 Å². The molecular weight excluding hydrogens is 288 g/mol. The van der Waals surface area contributed by atoms with E-state index in [-0.39, 0.29) is 0 Å². The number of nitrogens with two attached hydrogens (primary N) is 1. The van der Waals surface area contributed by atoms with Crippen LogP contribution in [0.4, 0.5) is 0 Å². The summed E-state index contributed by atoms with van der Waals surface area (Å²) in [7, 11) is 0. The molecule has 0 aliphatic rings. The maximum Gasteiger partial charge on any atom is 0.213 e. The van der Waals surface area contributed by atoms with Crippen molar-refractivity contribution in [2.24, 2.45) is 5.73 Å². The van der Waals surface area contributed by atoms with Crippen molar-refractivity contribution in [3.05, 3.63) is 34.1 Å². The Morgan fingerprint density at radius 1 is 1.50 bits per heavy atom. The third kappa shape index (κ3) is 2.63. The van der Waals surface area contributed by atoms with Gasteiger partial charge in [-0.15, -0.1) is 5.10 Å². The molecular formula is C10H11BrN4S. The van der Waals surface area contributed by atoms with Crippen molar-refractivity contribution >= 4 is 27.7 Å². The van der Waals surface area contributed by atoms with Gasteiger partial charge in [-0.1, -0.05) is 22.0 Å². The Kier molecular flexibility index (Phi) is 3.63. The molecule has 1 aromatic carbocycles. The molecule has 0 aliphatic heterocycles. The molecule has 2 aromatic rings. The second-order valence-electron chi connectivity index (χ2n) is 3.26. The predicted octanol–water partition coefficient (Wildman–Crippen LogP) is 2.49. The molecule has 2 rings (SSSR count). The highest BCUT2D eigenvalue weighted by Gasteiger charge is 2.07. The zero-order chi connectivity index (χ0) is 11.5. The quantitative estimate of drug-likeness (QED) is 0.913. The smallest absolute Gasteiger partial charge is 0.213 e. The molecule has 0 aliphatic carbocycles. The molecule has 0 spiro atoms. The van der Waals surface area contributed by atoms with Gasteiger partial charge < -0.3 is 5.73 Å². The zero-order valence-corrected chi connectivity index (χ0v) is 11.1. The highest BCUT2D eigenvalue weighted by Crippen LogP contribution is 2.30. The number of aromatic nitrogens is 3. The summed E-state index contributed by atoms with van der Waals surface area (Å²) in [6.07, 6.45) is 0. The molecule has 16 heavy (non-hydrogen) atoms. The Balaban J connectivity index is 2.29. The second kappa shape index (κ2) is 4.99. The summed E-state index contributed by atoms with van der Waals surface area (Å²) < 4.78 is 1.03. The van der Waals surface area contributed by atoms with E-state index >= 15 is 0 Å². The summed E-state index contributed by atoms with van der Waals surface area (Å²) >= 11 is 4.95.